The number of guanidine groups is 1. The van der Waals surface area contributed by atoms with Gasteiger partial charge in [-0.15, -0.1) is 0 Å². The van der Waals surface area contributed by atoms with Crippen LogP contribution in [0.25, 0.3) is 6.08 Å². The molecule has 0 bridgehead atoms. The van der Waals surface area contributed by atoms with Crippen molar-refractivity contribution < 1.29 is 90.2 Å². The first kappa shape index (κ1) is 62.2. The second-order valence-electron chi connectivity index (χ2n) is 23.4. The number of carbonyl (C=O) groups is 3. The molecule has 5 aliphatic rings. The lowest BCUT2D eigenvalue weighted by Crippen LogP contribution is -2.67. The summed E-state index contributed by atoms with van der Waals surface area (Å²) in [6, 6.07) is 19.9. The fraction of sp³-hybridized carbons (Fsp3) is 0.444. The predicted octanol–water partition coefficient (Wildman–Crippen LogP) is 2.27. The fourth-order valence-corrected chi connectivity index (χ4v) is 14.5. The number of anilines is 1. The molecule has 24 nitrogen and oxygen atoms in total. The van der Waals surface area contributed by atoms with Gasteiger partial charge in [-0.05, 0) is 110 Å². The zero-order chi connectivity index (χ0) is 62.1. The highest BCUT2D eigenvalue weighted by Crippen LogP contribution is 2.72. The number of phenolic OH excluding ortho intramolecular Hbond substituents is 4. The van der Waals surface area contributed by atoms with Gasteiger partial charge in [-0.1, -0.05) is 60.5 Å². The van der Waals surface area contributed by atoms with Crippen molar-refractivity contribution in [2.75, 3.05) is 24.7 Å². The van der Waals surface area contributed by atoms with Gasteiger partial charge < -0.3 is 96.7 Å². The van der Waals surface area contributed by atoms with Crippen LogP contribution in [0.4, 0.5) is 5.69 Å². The van der Waals surface area contributed by atoms with E-state index in [1.54, 1.807) is 6.07 Å². The van der Waals surface area contributed by atoms with Gasteiger partial charge in [0.05, 0.1) is 37.0 Å². The van der Waals surface area contributed by atoms with Gasteiger partial charge in [-0.2, -0.15) is 0 Å². The van der Waals surface area contributed by atoms with Crippen molar-refractivity contribution >= 4 is 35.9 Å². The van der Waals surface area contributed by atoms with Crippen LogP contribution < -0.4 is 20.7 Å². The number of carbonyl (C=O) groups excluding carboxylic acids is 2. The minimum atomic E-state index is -3.39. The number of ether oxygens (including phenoxy) is 2. The van der Waals surface area contributed by atoms with Gasteiger partial charge in [0.25, 0.3) is 5.91 Å². The molecule has 3 aliphatic carbocycles. The Hall–Kier alpha value is -7.91. The number of carboxylic acids is 1. The number of fused-ring (bicyclic) bond motifs is 6. The number of hydrogen-bond acceptors (Lipinski definition) is 19. The van der Waals surface area contributed by atoms with Crippen LogP contribution in [0.2, 0.25) is 0 Å². The number of aromatic amines is 1. The normalized spacial score (nSPS) is 28.3. The maximum Gasteiger partial charge on any atom is 0.355 e. The van der Waals surface area contributed by atoms with E-state index in [4.69, 9.17) is 15.2 Å². The van der Waals surface area contributed by atoms with Crippen molar-refractivity contribution in [1.29, 1.82) is 0 Å². The number of nitrogens with two attached hydrogens (primary N) is 1. The third-order valence-corrected chi connectivity index (χ3v) is 18.4. The standard InChI is InChI=1S/C63H74N6O18/c64-60(66-28-34-7-2-1-3-8-34)65-22-6-12-40(73)19-17-36-27-61(59(83)84)53(52(36)62-38(10-5-11-39(62)29-70)18-16-35-9-4-13-46(76)51(35)62)50-44(26-47(54(78)56(50)80)86-63(85)58(82)57(81)55(79)48(31-72)87-63)69(61)49(77)21-15-33-14-20-45(75)37(23-33)24-42-43(68-32-67-42)25-41(74)30-71/h1-4,7-9,13-15,20-21,23,26-27,30,32,38-41,48,52-53,55,57-58,70,72-76,78-82,85H,5-6,10-12,16-19,22,24-25,28-29,31H2,(H,67,68)(H,83,84)(H3,64,65,66)/b21-15+/t38-,39-,40+,41-,48-,52-,53+,55-,57+,58-,61-,62+,63+/m1/s1. The number of amides is 1. The lowest BCUT2D eigenvalue weighted by atomic mass is 9.45. The van der Waals surface area contributed by atoms with Crippen LogP contribution in [-0.4, -0.2) is 168 Å². The molecule has 4 aromatic carbocycles. The summed E-state index contributed by atoms with van der Waals surface area (Å²) in [5, 5.41) is 151. The number of aliphatic hydroxyl groups excluding tert-OH is 7. The Morgan fingerprint density at radius 2 is 1.71 bits per heavy atom. The maximum absolute atomic E-state index is 15.7. The van der Waals surface area contributed by atoms with E-state index in [0.29, 0.717) is 91.6 Å². The van der Waals surface area contributed by atoms with E-state index in [2.05, 4.69) is 20.3 Å². The molecule has 1 aromatic heterocycles. The summed E-state index contributed by atoms with van der Waals surface area (Å²) in [5.74, 6) is -13.1. The second kappa shape index (κ2) is 25.4. The zero-order valence-electron chi connectivity index (χ0n) is 47.5. The minimum absolute atomic E-state index is 0.00689. The minimum Gasteiger partial charge on any atom is -0.508 e. The quantitative estimate of drug-likeness (QED) is 0.00690. The average molecular weight is 1200 g/mol. The lowest BCUT2D eigenvalue weighted by Gasteiger charge is -2.58. The molecule has 17 N–H and O–H groups in total. The smallest absolute Gasteiger partial charge is 0.355 e. The van der Waals surface area contributed by atoms with E-state index in [0.717, 1.165) is 28.2 Å². The topological polar surface area (TPSA) is 415 Å². The van der Waals surface area contributed by atoms with E-state index < -0.39 is 119 Å². The molecular formula is C63H74N6O18. The summed E-state index contributed by atoms with van der Waals surface area (Å²) in [5.41, 5.74) is 5.54. The number of rotatable bonds is 22. The molecule has 0 radical (unpaired) electrons. The fourth-order valence-electron chi connectivity index (χ4n) is 14.5. The highest BCUT2D eigenvalue weighted by molar-refractivity contribution is 6.13. The molecule has 0 unspecified atom stereocenters. The van der Waals surface area contributed by atoms with Gasteiger partial charge in [0.1, 0.15) is 42.2 Å². The number of aldehydes is 1. The molecular weight excluding hydrogens is 1130 g/mol. The summed E-state index contributed by atoms with van der Waals surface area (Å²) in [4.78, 5) is 54.5. The van der Waals surface area contributed by atoms with E-state index in [1.807, 2.05) is 36.4 Å². The molecule has 10 rings (SSSR count). The van der Waals surface area contributed by atoms with Crippen molar-refractivity contribution in [2.24, 2.45) is 28.5 Å². The maximum atomic E-state index is 15.7. The molecule has 464 valence electrons. The van der Waals surface area contributed by atoms with Crippen LogP contribution in [0.1, 0.15) is 102 Å². The lowest BCUT2D eigenvalue weighted by molar-refractivity contribution is -0.422. The third-order valence-electron chi connectivity index (χ3n) is 18.4. The van der Waals surface area contributed by atoms with Crippen LogP contribution in [-0.2, 0) is 50.3 Å². The van der Waals surface area contributed by atoms with Crippen molar-refractivity contribution in [3.8, 4) is 28.7 Å². The number of aliphatic hydroxyl groups is 8. The highest BCUT2D eigenvalue weighted by atomic mass is 16.8. The van der Waals surface area contributed by atoms with Gasteiger partial charge >= 0.3 is 11.9 Å². The molecule has 3 heterocycles. The molecule has 87 heavy (non-hydrogen) atoms. The van der Waals surface area contributed by atoms with Crippen LogP contribution in [0.5, 0.6) is 28.7 Å². The first-order chi connectivity index (χ1) is 41.7. The molecule has 1 saturated carbocycles. The third kappa shape index (κ3) is 11.4. The number of nitrogens with zero attached hydrogens (tertiary/aromatic N) is 3. The monoisotopic (exact) mass is 1200 g/mol. The Bertz CT molecular complexity index is 3450. The number of aromatic hydroxyl groups is 4. The molecule has 24 heteroatoms. The summed E-state index contributed by atoms with van der Waals surface area (Å²) in [6.45, 7) is -0.756. The molecule has 1 amide bonds. The average Bonchev–Trinajstić information content (AvgIpc) is 1.54. The Labute approximate surface area is 499 Å². The van der Waals surface area contributed by atoms with Crippen molar-refractivity contribution in [3.05, 3.63) is 142 Å². The van der Waals surface area contributed by atoms with Crippen molar-refractivity contribution in [1.82, 2.24) is 15.3 Å². The van der Waals surface area contributed by atoms with Crippen LogP contribution in [0, 0.1) is 17.8 Å². The number of nitrogens with one attached hydrogen (secondary N) is 2. The molecule has 5 aromatic rings. The number of aliphatic imine (C=N–C) groups is 1. The van der Waals surface area contributed by atoms with Gasteiger partial charge in [-0.25, -0.2) is 14.8 Å². The number of allylic oxidation sites excluding steroid dienone is 1. The van der Waals surface area contributed by atoms with Gasteiger partial charge in [-0.3, -0.25) is 9.69 Å². The highest BCUT2D eigenvalue weighted by Gasteiger charge is 2.72. The van der Waals surface area contributed by atoms with Crippen LogP contribution in [0.3, 0.4) is 0 Å². The molecule has 13 atom stereocenters. The first-order valence-electron chi connectivity index (χ1n) is 29.2. The number of hydrogen-bond donors (Lipinski definition) is 16. The predicted molar refractivity (Wildman–Crippen MR) is 312 cm³/mol. The SMILES string of the molecule is NC(=NCc1ccccc1)NCCC[C@H](O)CCC1=C[C@]2(C(=O)O)[C@@H](c3c(cc(O[C@]4(O)O[C@H](CO)[C@@H](O)[C@H](O)[C@H]4O)c(O)c3O)N2C(=O)/C=C/c2ccc(O)c(Cc3[nH]cnc3C[C@@H](O)C=O)c2)[C@@H]1[C@@]12c3c(O)cccc3CC[C@H]1CCC[C@@H]2CO. The van der Waals surface area contributed by atoms with E-state index in [-0.39, 0.29) is 61.0 Å². The second-order valence-corrected chi connectivity index (χ2v) is 23.4. The largest absolute Gasteiger partial charge is 0.508 e. The number of aliphatic carboxylic acids is 1. The first-order valence-corrected chi connectivity index (χ1v) is 29.2. The Kier molecular flexibility index (Phi) is 18.2. The van der Waals surface area contributed by atoms with Crippen molar-refractivity contribution in [2.45, 2.75) is 137 Å². The Morgan fingerprint density at radius 1 is 0.931 bits per heavy atom. The molecule has 2 aliphatic heterocycles. The summed E-state index contributed by atoms with van der Waals surface area (Å²) in [7, 11) is 0. The molecule has 2 fully saturated rings. The zero-order valence-corrected chi connectivity index (χ0v) is 47.5. The van der Waals surface area contributed by atoms with E-state index in [1.165, 1.54) is 42.7 Å². The molecule has 0 spiro atoms. The van der Waals surface area contributed by atoms with Gasteiger partial charge in [0.15, 0.2) is 29.1 Å². The number of aromatic nitrogens is 2. The van der Waals surface area contributed by atoms with Gasteiger partial charge in [0.2, 0.25) is 5.75 Å². The number of H-pyrrole nitrogens is 1. The number of carboxylic acid groups (broad SMARTS) is 1. The Morgan fingerprint density at radius 3 is 2.45 bits per heavy atom. The summed E-state index contributed by atoms with van der Waals surface area (Å²) >= 11 is 0. The Balaban J connectivity index is 1.10. The number of aryl methyl sites for hydroxylation is 1. The summed E-state index contributed by atoms with van der Waals surface area (Å²) in [6.07, 6.45) is -2.01. The van der Waals surface area contributed by atoms with E-state index in [9.17, 15) is 71.2 Å². The number of benzene rings is 4. The van der Waals surface area contributed by atoms with Crippen molar-refractivity contribution in [3.63, 3.8) is 0 Å². The molecule has 1 saturated heterocycles. The van der Waals surface area contributed by atoms with E-state index >= 15 is 9.59 Å². The summed E-state index contributed by atoms with van der Waals surface area (Å²) < 4.78 is 11.1. The van der Waals surface area contributed by atoms with Crippen LogP contribution >= 0.6 is 0 Å². The number of phenols is 4. The van der Waals surface area contributed by atoms with Gasteiger partial charge in [0, 0.05) is 77.8 Å². The number of imidazole rings is 1. The van der Waals surface area contributed by atoms with Crippen LogP contribution in [0.15, 0.2) is 102 Å².